The minimum Gasteiger partial charge on any atom is -0.355 e. The van der Waals surface area contributed by atoms with Crippen LogP contribution in [0.25, 0.3) is 0 Å². The van der Waals surface area contributed by atoms with E-state index in [-0.39, 0.29) is 5.91 Å². The molecule has 0 radical (unpaired) electrons. The smallest absolute Gasteiger partial charge is 0.230 e. The molecule has 21 heavy (non-hydrogen) atoms. The third kappa shape index (κ3) is 6.50. The highest BCUT2D eigenvalue weighted by molar-refractivity contribution is 7.99. The Hall–Kier alpha value is -1.74. The average molecular weight is 299 g/mol. The summed E-state index contributed by atoms with van der Waals surface area (Å²) in [5.41, 5.74) is 2.59. The van der Waals surface area contributed by atoms with Gasteiger partial charge in [0.1, 0.15) is 0 Å². The van der Waals surface area contributed by atoms with Gasteiger partial charge in [-0.3, -0.25) is 4.79 Å². The van der Waals surface area contributed by atoms with E-state index in [0.29, 0.717) is 12.3 Å². The summed E-state index contributed by atoms with van der Waals surface area (Å²) in [6, 6.07) is 20.6. The highest BCUT2D eigenvalue weighted by Crippen LogP contribution is 2.06. The average Bonchev–Trinajstić information content (AvgIpc) is 2.54. The lowest BCUT2D eigenvalue weighted by Gasteiger charge is -2.05. The molecule has 2 aromatic carbocycles. The van der Waals surface area contributed by atoms with Gasteiger partial charge in [0.05, 0.1) is 5.75 Å². The fourth-order valence-corrected chi connectivity index (χ4v) is 2.85. The summed E-state index contributed by atoms with van der Waals surface area (Å²) in [4.78, 5) is 11.7. The predicted octanol–water partition coefficient (Wildman–Crippen LogP) is 3.32. The Balaban J connectivity index is 1.54. The number of hydrogen-bond donors (Lipinski definition) is 1. The maximum Gasteiger partial charge on any atom is 0.230 e. The molecule has 3 heteroatoms. The predicted molar refractivity (Wildman–Crippen MR) is 90.6 cm³/mol. The Kier molecular flexibility index (Phi) is 6.89. The first-order valence-corrected chi connectivity index (χ1v) is 8.42. The first-order chi connectivity index (χ1) is 10.3. The number of amides is 1. The van der Waals surface area contributed by atoms with E-state index in [2.05, 4.69) is 41.7 Å². The van der Waals surface area contributed by atoms with Crippen LogP contribution in [-0.4, -0.2) is 24.0 Å². The van der Waals surface area contributed by atoms with Gasteiger partial charge in [-0.25, -0.2) is 0 Å². The summed E-state index contributed by atoms with van der Waals surface area (Å²) in [7, 11) is 0. The quantitative estimate of drug-likeness (QED) is 0.758. The summed E-state index contributed by atoms with van der Waals surface area (Å²) in [5.74, 6) is 1.65. The van der Waals surface area contributed by atoms with Crippen LogP contribution >= 0.6 is 11.8 Å². The molecule has 0 unspecified atom stereocenters. The Morgan fingerprint density at radius 1 is 0.857 bits per heavy atom. The van der Waals surface area contributed by atoms with Crippen LogP contribution in [0.2, 0.25) is 0 Å². The summed E-state index contributed by atoms with van der Waals surface area (Å²) >= 11 is 1.69. The van der Waals surface area contributed by atoms with E-state index in [9.17, 15) is 4.79 Å². The highest BCUT2D eigenvalue weighted by Gasteiger charge is 2.01. The number of nitrogens with one attached hydrogen (secondary N) is 1. The zero-order valence-corrected chi connectivity index (χ0v) is 12.9. The summed E-state index contributed by atoms with van der Waals surface area (Å²) < 4.78 is 0. The van der Waals surface area contributed by atoms with Gasteiger partial charge in [-0.15, -0.1) is 0 Å². The standard InChI is InChI=1S/C18H21NOS/c20-18(19-13-11-16-7-3-1-4-8-16)15-21-14-12-17-9-5-2-6-10-17/h1-10H,11-15H2,(H,19,20). The molecule has 2 nitrogen and oxygen atoms in total. The molecule has 0 aliphatic carbocycles. The second-order valence-electron chi connectivity index (χ2n) is 4.87. The number of carbonyl (C=O) groups excluding carboxylic acids is 1. The molecule has 0 fully saturated rings. The molecule has 1 N–H and O–H groups in total. The first kappa shape index (κ1) is 15.6. The minimum absolute atomic E-state index is 0.129. The van der Waals surface area contributed by atoms with E-state index in [1.54, 1.807) is 11.8 Å². The lowest BCUT2D eigenvalue weighted by molar-refractivity contribution is -0.118. The molecule has 0 bridgehead atoms. The number of carbonyl (C=O) groups is 1. The largest absolute Gasteiger partial charge is 0.355 e. The van der Waals surface area contributed by atoms with Gasteiger partial charge in [-0.2, -0.15) is 11.8 Å². The van der Waals surface area contributed by atoms with Crippen molar-refractivity contribution in [3.8, 4) is 0 Å². The van der Waals surface area contributed by atoms with E-state index < -0.39 is 0 Å². The molecule has 0 spiro atoms. The number of benzene rings is 2. The monoisotopic (exact) mass is 299 g/mol. The highest BCUT2D eigenvalue weighted by atomic mass is 32.2. The summed E-state index contributed by atoms with van der Waals surface area (Å²) in [6.45, 7) is 0.710. The van der Waals surface area contributed by atoms with Crippen molar-refractivity contribution in [2.75, 3.05) is 18.1 Å². The number of aryl methyl sites for hydroxylation is 1. The number of thioether (sulfide) groups is 1. The van der Waals surface area contributed by atoms with Gasteiger partial charge in [0.25, 0.3) is 0 Å². The van der Waals surface area contributed by atoms with Gasteiger partial charge in [0.2, 0.25) is 5.91 Å². The molecule has 0 aliphatic rings. The van der Waals surface area contributed by atoms with E-state index in [0.717, 1.165) is 18.6 Å². The second-order valence-corrected chi connectivity index (χ2v) is 5.98. The van der Waals surface area contributed by atoms with Crippen molar-refractivity contribution < 1.29 is 4.79 Å². The van der Waals surface area contributed by atoms with Crippen molar-refractivity contribution in [1.29, 1.82) is 0 Å². The molecule has 110 valence electrons. The topological polar surface area (TPSA) is 29.1 Å². The molecule has 0 saturated carbocycles. The molecule has 2 aromatic rings. The van der Waals surface area contributed by atoms with E-state index in [4.69, 9.17) is 0 Å². The molecular weight excluding hydrogens is 278 g/mol. The van der Waals surface area contributed by atoms with Crippen LogP contribution < -0.4 is 5.32 Å². The van der Waals surface area contributed by atoms with Crippen molar-refractivity contribution >= 4 is 17.7 Å². The van der Waals surface area contributed by atoms with Crippen molar-refractivity contribution in [2.45, 2.75) is 12.8 Å². The normalized spacial score (nSPS) is 10.3. The van der Waals surface area contributed by atoms with Crippen LogP contribution in [0, 0.1) is 0 Å². The van der Waals surface area contributed by atoms with Crippen LogP contribution in [-0.2, 0) is 17.6 Å². The fraction of sp³-hybridized carbons (Fsp3) is 0.278. The Morgan fingerprint density at radius 3 is 2.05 bits per heavy atom. The van der Waals surface area contributed by atoms with Gasteiger partial charge in [0, 0.05) is 6.54 Å². The lowest BCUT2D eigenvalue weighted by Crippen LogP contribution is -2.27. The number of rotatable bonds is 8. The lowest BCUT2D eigenvalue weighted by atomic mass is 10.1. The maximum absolute atomic E-state index is 11.7. The molecule has 2 rings (SSSR count). The molecule has 0 atom stereocenters. The zero-order valence-electron chi connectivity index (χ0n) is 12.1. The molecule has 0 aromatic heterocycles. The third-order valence-corrected chi connectivity index (χ3v) is 4.15. The van der Waals surface area contributed by atoms with E-state index in [1.807, 2.05) is 24.3 Å². The van der Waals surface area contributed by atoms with E-state index in [1.165, 1.54) is 11.1 Å². The second kappa shape index (κ2) is 9.24. The van der Waals surface area contributed by atoms with Crippen molar-refractivity contribution in [1.82, 2.24) is 5.32 Å². The Labute approximate surface area is 131 Å². The van der Waals surface area contributed by atoms with Crippen LogP contribution in [0.3, 0.4) is 0 Å². The maximum atomic E-state index is 11.7. The van der Waals surface area contributed by atoms with Crippen molar-refractivity contribution in [3.05, 3.63) is 71.8 Å². The summed E-state index contributed by atoms with van der Waals surface area (Å²) in [6.07, 6.45) is 1.91. The molecule has 0 aliphatic heterocycles. The first-order valence-electron chi connectivity index (χ1n) is 7.27. The van der Waals surface area contributed by atoms with Crippen LogP contribution in [0.5, 0.6) is 0 Å². The fourth-order valence-electron chi connectivity index (χ4n) is 2.04. The van der Waals surface area contributed by atoms with Crippen LogP contribution in [0.4, 0.5) is 0 Å². The van der Waals surface area contributed by atoms with Gasteiger partial charge in [0.15, 0.2) is 0 Å². The molecule has 1 amide bonds. The van der Waals surface area contributed by atoms with Gasteiger partial charge in [-0.1, -0.05) is 60.7 Å². The van der Waals surface area contributed by atoms with Gasteiger partial charge >= 0.3 is 0 Å². The van der Waals surface area contributed by atoms with Crippen LogP contribution in [0.1, 0.15) is 11.1 Å². The molecule has 0 heterocycles. The minimum atomic E-state index is 0.129. The summed E-state index contributed by atoms with van der Waals surface area (Å²) in [5, 5.41) is 2.97. The van der Waals surface area contributed by atoms with Crippen molar-refractivity contribution in [3.63, 3.8) is 0 Å². The van der Waals surface area contributed by atoms with Gasteiger partial charge < -0.3 is 5.32 Å². The molecule has 0 saturated heterocycles. The SMILES string of the molecule is O=C(CSCCc1ccccc1)NCCc1ccccc1. The van der Waals surface area contributed by atoms with Crippen LogP contribution in [0.15, 0.2) is 60.7 Å². The number of hydrogen-bond acceptors (Lipinski definition) is 2. The Bertz CT molecular complexity index is 527. The van der Waals surface area contributed by atoms with E-state index >= 15 is 0 Å². The Morgan fingerprint density at radius 2 is 1.43 bits per heavy atom. The van der Waals surface area contributed by atoms with Gasteiger partial charge in [-0.05, 0) is 29.7 Å². The van der Waals surface area contributed by atoms with Crippen molar-refractivity contribution in [2.24, 2.45) is 0 Å². The third-order valence-electron chi connectivity index (χ3n) is 3.19. The zero-order chi connectivity index (χ0) is 14.8. The molecular formula is C18H21NOS.